The molecule has 0 spiro atoms. The van der Waals surface area contributed by atoms with Crippen LogP contribution in [0.4, 0.5) is 19.0 Å². The third kappa shape index (κ3) is 2.84. The Bertz CT molecular complexity index is 455. The maximum absolute atomic E-state index is 12.7. The normalized spacial score (nSPS) is 14.9. The van der Waals surface area contributed by atoms with Gasteiger partial charge in [-0.05, 0) is 13.2 Å². The number of hydrogen-bond donors (Lipinski definition) is 2. The number of carboxylic acids is 1. The van der Waals surface area contributed by atoms with Gasteiger partial charge in [0.2, 0.25) is 5.54 Å². The van der Waals surface area contributed by atoms with Crippen molar-refractivity contribution in [1.29, 1.82) is 0 Å². The van der Waals surface area contributed by atoms with E-state index in [9.17, 15) is 18.0 Å². The number of aromatic nitrogens is 2. The van der Waals surface area contributed by atoms with Gasteiger partial charge in [-0.1, -0.05) is 0 Å². The van der Waals surface area contributed by atoms with Gasteiger partial charge in [0.15, 0.2) is 0 Å². The van der Waals surface area contributed by atoms with Crippen LogP contribution < -0.4 is 5.32 Å². The Morgan fingerprint density at radius 3 is 2.50 bits per heavy atom. The summed E-state index contributed by atoms with van der Waals surface area (Å²) in [6.07, 6.45) is -2.21. The van der Waals surface area contributed by atoms with Crippen LogP contribution in [0.2, 0.25) is 0 Å². The van der Waals surface area contributed by atoms with Gasteiger partial charge in [0, 0.05) is 6.07 Å². The van der Waals surface area contributed by atoms with Gasteiger partial charge in [0.25, 0.3) is 0 Å². The van der Waals surface area contributed by atoms with E-state index in [2.05, 4.69) is 9.97 Å². The zero-order chi connectivity index (χ0) is 14.0. The number of nitrogens with zero attached hydrogens (tertiary/aromatic N) is 2. The molecule has 0 saturated carbocycles. The number of halogens is 3. The zero-order valence-electron chi connectivity index (χ0n) is 9.45. The van der Waals surface area contributed by atoms with Gasteiger partial charge in [-0.15, -0.1) is 11.8 Å². The number of carboxylic acid groups (broad SMARTS) is 1. The molecule has 0 aliphatic carbocycles. The van der Waals surface area contributed by atoms with E-state index >= 15 is 0 Å². The smallest absolute Gasteiger partial charge is 0.422 e. The van der Waals surface area contributed by atoms with E-state index in [1.54, 1.807) is 6.26 Å². The predicted molar refractivity (Wildman–Crippen MR) is 59.5 cm³/mol. The second kappa shape index (κ2) is 5.01. The first-order valence-corrected chi connectivity index (χ1v) is 5.87. The van der Waals surface area contributed by atoms with Crippen LogP contribution in [0, 0.1) is 0 Å². The van der Waals surface area contributed by atoms with E-state index in [0.717, 1.165) is 6.33 Å². The Balaban J connectivity index is 3.08. The molecule has 1 aromatic rings. The number of aliphatic carboxylic acids is 1. The quantitative estimate of drug-likeness (QED) is 0.649. The van der Waals surface area contributed by atoms with Gasteiger partial charge in [-0.3, -0.25) is 0 Å². The molecule has 0 radical (unpaired) electrons. The van der Waals surface area contributed by atoms with Crippen LogP contribution in [0.15, 0.2) is 17.4 Å². The maximum atomic E-state index is 12.7. The zero-order valence-corrected chi connectivity index (χ0v) is 10.3. The molecule has 100 valence electrons. The first kappa shape index (κ1) is 14.6. The number of hydrogen-bond acceptors (Lipinski definition) is 5. The molecule has 1 unspecified atom stereocenters. The molecular formula is C9H10F3N3O2S. The molecule has 1 aromatic heterocycles. The van der Waals surface area contributed by atoms with Crippen molar-refractivity contribution < 1.29 is 23.1 Å². The third-order valence-corrected chi connectivity index (χ3v) is 2.87. The van der Waals surface area contributed by atoms with Crippen LogP contribution >= 0.6 is 11.8 Å². The topological polar surface area (TPSA) is 75.1 Å². The number of nitrogens with one attached hydrogen (secondary N) is 1. The predicted octanol–water partition coefficient (Wildman–Crippen LogP) is 2.02. The van der Waals surface area contributed by atoms with Crippen molar-refractivity contribution in [2.24, 2.45) is 0 Å². The number of alkyl halides is 3. The molecule has 0 saturated heterocycles. The van der Waals surface area contributed by atoms with Crippen molar-refractivity contribution in [3.8, 4) is 0 Å². The van der Waals surface area contributed by atoms with Crippen LogP contribution in [0.25, 0.3) is 0 Å². The molecule has 0 aliphatic rings. The fourth-order valence-corrected chi connectivity index (χ4v) is 1.40. The minimum atomic E-state index is -4.96. The molecule has 18 heavy (non-hydrogen) atoms. The van der Waals surface area contributed by atoms with Crippen molar-refractivity contribution in [2.45, 2.75) is 23.7 Å². The monoisotopic (exact) mass is 281 g/mol. The molecule has 1 rings (SSSR count). The molecule has 5 nitrogen and oxygen atoms in total. The van der Waals surface area contributed by atoms with Crippen LogP contribution in [-0.4, -0.2) is 39.0 Å². The fraction of sp³-hybridized carbons (Fsp3) is 0.444. The van der Waals surface area contributed by atoms with Gasteiger partial charge in [0.05, 0.1) is 0 Å². The summed E-state index contributed by atoms with van der Waals surface area (Å²) in [5, 5.41) is 11.0. The minimum absolute atomic E-state index is 0.198. The molecule has 0 fully saturated rings. The molecule has 1 atom stereocenters. The molecule has 0 amide bonds. The highest BCUT2D eigenvalue weighted by molar-refractivity contribution is 7.98. The molecule has 1 heterocycles. The van der Waals surface area contributed by atoms with Gasteiger partial charge >= 0.3 is 12.1 Å². The average Bonchev–Trinajstić information content (AvgIpc) is 2.27. The van der Waals surface area contributed by atoms with Gasteiger partial charge < -0.3 is 10.4 Å². The van der Waals surface area contributed by atoms with Crippen LogP contribution in [0.5, 0.6) is 0 Å². The third-order valence-electron chi connectivity index (χ3n) is 2.22. The Kier molecular flexibility index (Phi) is 4.05. The number of thioether (sulfide) groups is 1. The van der Waals surface area contributed by atoms with Crippen molar-refractivity contribution in [1.82, 2.24) is 9.97 Å². The fourth-order valence-electron chi connectivity index (χ4n) is 1.02. The van der Waals surface area contributed by atoms with Crippen LogP contribution in [0.3, 0.4) is 0 Å². The van der Waals surface area contributed by atoms with E-state index in [1.807, 2.05) is 5.32 Å². The van der Waals surface area contributed by atoms with E-state index in [-0.39, 0.29) is 5.82 Å². The summed E-state index contributed by atoms with van der Waals surface area (Å²) >= 11 is 1.21. The molecule has 0 aromatic carbocycles. The lowest BCUT2D eigenvalue weighted by molar-refractivity contribution is -0.192. The minimum Gasteiger partial charge on any atom is -0.479 e. The van der Waals surface area contributed by atoms with Gasteiger partial charge in [0.1, 0.15) is 17.2 Å². The van der Waals surface area contributed by atoms with E-state index in [1.165, 1.54) is 17.8 Å². The highest BCUT2D eigenvalue weighted by Crippen LogP contribution is 2.33. The summed E-state index contributed by atoms with van der Waals surface area (Å²) in [4.78, 5) is 18.1. The molecule has 2 N–H and O–H groups in total. The summed E-state index contributed by atoms with van der Waals surface area (Å²) in [7, 11) is 0. The Morgan fingerprint density at radius 2 is 2.06 bits per heavy atom. The maximum Gasteiger partial charge on any atom is 0.422 e. The molecule has 9 heteroatoms. The van der Waals surface area contributed by atoms with Crippen LogP contribution in [0.1, 0.15) is 6.92 Å². The first-order valence-electron chi connectivity index (χ1n) is 4.65. The summed E-state index contributed by atoms with van der Waals surface area (Å²) in [6, 6.07) is 1.25. The van der Waals surface area contributed by atoms with Crippen molar-refractivity contribution in [3.05, 3.63) is 12.4 Å². The SMILES string of the molecule is CSc1cc(NC(C)(C(=O)O)C(F)(F)F)ncn1. The van der Waals surface area contributed by atoms with Gasteiger partial charge in [-0.2, -0.15) is 13.2 Å². The summed E-state index contributed by atoms with van der Waals surface area (Å²) < 4.78 is 38.2. The highest BCUT2D eigenvalue weighted by Gasteiger charge is 2.57. The number of anilines is 1. The summed E-state index contributed by atoms with van der Waals surface area (Å²) in [5.74, 6) is -2.23. The van der Waals surface area contributed by atoms with Crippen molar-refractivity contribution >= 4 is 23.5 Å². The first-order chi connectivity index (χ1) is 8.20. The largest absolute Gasteiger partial charge is 0.479 e. The lowest BCUT2D eigenvalue weighted by atomic mass is 10.0. The lowest BCUT2D eigenvalue weighted by Gasteiger charge is -2.28. The highest BCUT2D eigenvalue weighted by atomic mass is 32.2. The molecular weight excluding hydrogens is 271 g/mol. The van der Waals surface area contributed by atoms with Crippen molar-refractivity contribution in [2.75, 3.05) is 11.6 Å². The molecule has 0 bridgehead atoms. The lowest BCUT2D eigenvalue weighted by Crippen LogP contribution is -2.55. The van der Waals surface area contributed by atoms with Crippen molar-refractivity contribution in [3.63, 3.8) is 0 Å². The Labute approximate surface area is 105 Å². The second-order valence-corrected chi connectivity index (χ2v) is 4.33. The number of rotatable bonds is 4. The Morgan fingerprint density at radius 1 is 1.44 bits per heavy atom. The Hall–Kier alpha value is -1.51. The average molecular weight is 281 g/mol. The van der Waals surface area contributed by atoms with Gasteiger partial charge in [-0.25, -0.2) is 14.8 Å². The summed E-state index contributed by atoms with van der Waals surface area (Å²) in [6.45, 7) is 0.538. The summed E-state index contributed by atoms with van der Waals surface area (Å²) in [5.41, 5.74) is -3.10. The van der Waals surface area contributed by atoms with Crippen LogP contribution in [-0.2, 0) is 4.79 Å². The molecule has 0 aliphatic heterocycles. The van der Waals surface area contributed by atoms with E-state index < -0.39 is 17.7 Å². The standard InChI is InChI=1S/C9H10F3N3O2S/c1-8(7(16)17,9(10,11)12)15-5-3-6(18-2)14-4-13-5/h3-4H,1-2H3,(H,16,17)(H,13,14,15). The number of carbonyl (C=O) groups is 1. The van der Waals surface area contributed by atoms with E-state index in [4.69, 9.17) is 5.11 Å². The second-order valence-electron chi connectivity index (χ2n) is 3.50. The van der Waals surface area contributed by atoms with E-state index in [0.29, 0.717) is 11.9 Å².